The van der Waals surface area contributed by atoms with Gasteiger partial charge in [-0.05, 0) is 23.6 Å². The van der Waals surface area contributed by atoms with Crippen molar-refractivity contribution in [2.24, 2.45) is 0 Å². The summed E-state index contributed by atoms with van der Waals surface area (Å²) in [6.45, 7) is 0. The highest BCUT2D eigenvalue weighted by Gasteiger charge is 2.12. The molecule has 2 heterocycles. The molecular weight excluding hydrogens is 340 g/mol. The third-order valence-electron chi connectivity index (χ3n) is 4.38. The summed E-state index contributed by atoms with van der Waals surface area (Å²) in [7, 11) is 0. The van der Waals surface area contributed by atoms with Crippen LogP contribution in [-0.4, -0.2) is 24.5 Å². The summed E-state index contributed by atoms with van der Waals surface area (Å²) in [4.78, 5) is 28.0. The second-order valence-corrected chi connectivity index (χ2v) is 6.04. The van der Waals surface area contributed by atoms with Gasteiger partial charge in [-0.15, -0.1) is 0 Å². The van der Waals surface area contributed by atoms with Crippen LogP contribution in [0.25, 0.3) is 27.8 Å². The molecule has 2 aromatic heterocycles. The number of para-hydroxylation sites is 2. The highest BCUT2D eigenvalue weighted by atomic mass is 16.1. The smallest absolute Gasteiger partial charge is 0.323 e. The van der Waals surface area contributed by atoms with E-state index in [9.17, 15) is 4.79 Å². The van der Waals surface area contributed by atoms with E-state index < -0.39 is 0 Å². The molecule has 0 fully saturated rings. The number of aromatic nitrogens is 5. The fraction of sp³-hybridized carbons (Fsp3) is 0. The lowest BCUT2D eigenvalue weighted by atomic mass is 10.1. The second-order valence-electron chi connectivity index (χ2n) is 6.04. The minimum Gasteiger partial charge on any atom is -0.323 e. The molecule has 5 rings (SSSR count). The summed E-state index contributed by atoms with van der Waals surface area (Å²) < 4.78 is 1.44. The van der Waals surface area contributed by atoms with E-state index >= 15 is 0 Å². The Morgan fingerprint density at radius 3 is 2.67 bits per heavy atom. The van der Waals surface area contributed by atoms with Crippen molar-refractivity contribution in [3.8, 4) is 5.95 Å². The first kappa shape index (κ1) is 15.3. The molecule has 0 aliphatic heterocycles. The highest BCUT2D eigenvalue weighted by Crippen LogP contribution is 2.25. The molecule has 0 radical (unpaired) electrons. The molecule has 0 unspecified atom stereocenters. The van der Waals surface area contributed by atoms with E-state index in [1.54, 1.807) is 0 Å². The molecular formula is C20H14N6O. The van der Waals surface area contributed by atoms with Crippen molar-refractivity contribution in [1.82, 2.24) is 24.5 Å². The summed E-state index contributed by atoms with van der Waals surface area (Å²) in [6, 6.07) is 21.4. The normalized spacial score (nSPS) is 11.1. The lowest BCUT2D eigenvalue weighted by molar-refractivity contribution is 0.887. The van der Waals surface area contributed by atoms with Crippen LogP contribution in [-0.2, 0) is 0 Å². The molecule has 0 amide bonds. The molecule has 3 aromatic carbocycles. The van der Waals surface area contributed by atoms with Gasteiger partial charge in [-0.2, -0.15) is 4.98 Å². The molecule has 5 aromatic rings. The predicted molar refractivity (Wildman–Crippen MR) is 105 cm³/mol. The van der Waals surface area contributed by atoms with Crippen LogP contribution >= 0.6 is 0 Å². The van der Waals surface area contributed by atoms with Gasteiger partial charge in [0.05, 0.1) is 11.0 Å². The maximum Gasteiger partial charge on any atom is 0.333 e. The van der Waals surface area contributed by atoms with Crippen LogP contribution in [0.1, 0.15) is 0 Å². The second kappa shape index (κ2) is 6.06. The van der Waals surface area contributed by atoms with E-state index in [0.29, 0.717) is 11.5 Å². The number of nitrogens with zero attached hydrogens (tertiary/aromatic N) is 4. The first-order valence-corrected chi connectivity index (χ1v) is 8.43. The Hall–Kier alpha value is -4.00. The van der Waals surface area contributed by atoms with E-state index in [1.165, 1.54) is 10.9 Å². The topological polar surface area (TPSA) is 88.5 Å². The average Bonchev–Trinajstić information content (AvgIpc) is 3.04. The standard InChI is InChI=1S/C20H14N6O/c27-20-24-16-9-3-4-11-17(16)26(20)19-22-12-21-18(25-19)23-15-10-5-7-13-6-1-2-8-14(13)15/h1-12H,(H,24,27)(H,21,22,23,25). The van der Waals surface area contributed by atoms with Crippen LogP contribution in [0.15, 0.2) is 77.9 Å². The van der Waals surface area contributed by atoms with E-state index in [0.717, 1.165) is 22.0 Å². The third-order valence-corrected chi connectivity index (χ3v) is 4.38. The van der Waals surface area contributed by atoms with Gasteiger partial charge in [0.15, 0.2) is 0 Å². The average molecular weight is 354 g/mol. The zero-order chi connectivity index (χ0) is 18.2. The summed E-state index contributed by atoms with van der Waals surface area (Å²) in [5, 5.41) is 5.41. The zero-order valence-corrected chi connectivity index (χ0v) is 14.1. The summed E-state index contributed by atoms with van der Waals surface area (Å²) >= 11 is 0. The lowest BCUT2D eigenvalue weighted by Crippen LogP contribution is -2.18. The van der Waals surface area contributed by atoms with Crippen molar-refractivity contribution >= 4 is 33.4 Å². The monoisotopic (exact) mass is 354 g/mol. The van der Waals surface area contributed by atoms with E-state index in [-0.39, 0.29) is 11.6 Å². The molecule has 0 saturated carbocycles. The SMILES string of the molecule is O=c1[nH]c2ccccc2n1-c1ncnc(Nc2cccc3ccccc23)n1. The Bertz CT molecular complexity index is 1330. The van der Waals surface area contributed by atoms with Gasteiger partial charge in [0.25, 0.3) is 0 Å². The molecule has 0 spiro atoms. The number of fused-ring (bicyclic) bond motifs is 2. The van der Waals surface area contributed by atoms with Crippen LogP contribution < -0.4 is 11.0 Å². The molecule has 7 heteroatoms. The minimum atomic E-state index is -0.293. The molecule has 0 atom stereocenters. The summed E-state index contributed by atoms with van der Waals surface area (Å²) in [5.74, 6) is 0.628. The maximum absolute atomic E-state index is 12.4. The van der Waals surface area contributed by atoms with E-state index in [1.807, 2.05) is 66.7 Å². The van der Waals surface area contributed by atoms with Crippen molar-refractivity contribution in [3.63, 3.8) is 0 Å². The van der Waals surface area contributed by atoms with Gasteiger partial charge >= 0.3 is 5.69 Å². The van der Waals surface area contributed by atoms with E-state index in [4.69, 9.17) is 0 Å². The van der Waals surface area contributed by atoms with Gasteiger partial charge in [-0.1, -0.05) is 48.5 Å². The molecule has 0 bridgehead atoms. The van der Waals surface area contributed by atoms with Crippen molar-refractivity contribution < 1.29 is 0 Å². The number of benzene rings is 3. The van der Waals surface area contributed by atoms with Crippen molar-refractivity contribution in [2.45, 2.75) is 0 Å². The Morgan fingerprint density at radius 1 is 0.889 bits per heavy atom. The molecule has 0 aliphatic rings. The minimum absolute atomic E-state index is 0.259. The van der Waals surface area contributed by atoms with Gasteiger partial charge in [0.2, 0.25) is 11.9 Å². The van der Waals surface area contributed by atoms with Crippen LogP contribution in [0.2, 0.25) is 0 Å². The largest absolute Gasteiger partial charge is 0.333 e. The van der Waals surface area contributed by atoms with Gasteiger partial charge in [0.1, 0.15) is 6.33 Å². The number of nitrogens with one attached hydrogen (secondary N) is 2. The molecule has 130 valence electrons. The number of H-pyrrole nitrogens is 1. The molecule has 2 N–H and O–H groups in total. The Balaban J connectivity index is 1.60. The number of aromatic amines is 1. The van der Waals surface area contributed by atoms with Crippen LogP contribution in [0.5, 0.6) is 0 Å². The lowest BCUT2D eigenvalue weighted by Gasteiger charge is -2.09. The van der Waals surface area contributed by atoms with Crippen molar-refractivity contribution in [3.05, 3.63) is 83.5 Å². The first-order chi connectivity index (χ1) is 13.3. The predicted octanol–water partition coefficient (Wildman–Crippen LogP) is 3.40. The first-order valence-electron chi connectivity index (χ1n) is 8.43. The molecule has 0 aliphatic carbocycles. The molecule has 7 nitrogen and oxygen atoms in total. The third kappa shape index (κ3) is 2.62. The quantitative estimate of drug-likeness (QED) is 0.518. The number of imidazole rings is 1. The van der Waals surface area contributed by atoms with Crippen LogP contribution in [0.4, 0.5) is 11.6 Å². The van der Waals surface area contributed by atoms with E-state index in [2.05, 4.69) is 25.3 Å². The molecule has 27 heavy (non-hydrogen) atoms. The number of hydrogen-bond donors (Lipinski definition) is 2. The Kier molecular flexibility index (Phi) is 3.43. The molecule has 0 saturated heterocycles. The fourth-order valence-electron chi connectivity index (χ4n) is 3.16. The summed E-state index contributed by atoms with van der Waals surface area (Å²) in [5.41, 5.74) is 2.03. The van der Waals surface area contributed by atoms with Crippen molar-refractivity contribution in [2.75, 3.05) is 5.32 Å². The van der Waals surface area contributed by atoms with Gasteiger partial charge in [0, 0.05) is 11.1 Å². The van der Waals surface area contributed by atoms with Gasteiger partial charge in [-0.3, -0.25) is 0 Å². The fourth-order valence-corrected chi connectivity index (χ4v) is 3.16. The highest BCUT2D eigenvalue weighted by molar-refractivity contribution is 5.94. The van der Waals surface area contributed by atoms with Crippen LogP contribution in [0, 0.1) is 0 Å². The van der Waals surface area contributed by atoms with Gasteiger partial charge in [-0.25, -0.2) is 19.3 Å². The summed E-state index contributed by atoms with van der Waals surface area (Å²) in [6.07, 6.45) is 1.39. The van der Waals surface area contributed by atoms with Gasteiger partial charge < -0.3 is 10.3 Å². The number of rotatable bonds is 3. The van der Waals surface area contributed by atoms with Crippen molar-refractivity contribution in [1.29, 1.82) is 0 Å². The number of hydrogen-bond acceptors (Lipinski definition) is 5. The van der Waals surface area contributed by atoms with Crippen LogP contribution in [0.3, 0.4) is 0 Å². The zero-order valence-electron chi connectivity index (χ0n) is 14.1. The number of anilines is 2. The maximum atomic E-state index is 12.4. The Labute approximate surface area is 153 Å². The Morgan fingerprint density at radius 2 is 1.70 bits per heavy atom.